The summed E-state index contributed by atoms with van der Waals surface area (Å²) in [4.78, 5) is 13.8. The number of carbonyl (C=O) groups excluding carboxylic acids is 1. The highest BCUT2D eigenvalue weighted by molar-refractivity contribution is 5.90. The molecule has 1 aromatic rings. The van der Waals surface area contributed by atoms with E-state index >= 15 is 0 Å². The number of halogens is 1. The molecule has 1 aliphatic heterocycles. The zero-order valence-corrected chi connectivity index (χ0v) is 12.4. The lowest BCUT2D eigenvalue weighted by Crippen LogP contribution is -2.19. The summed E-state index contributed by atoms with van der Waals surface area (Å²) in [7, 11) is 0. The Morgan fingerprint density at radius 3 is 2.67 bits per heavy atom. The lowest BCUT2D eigenvalue weighted by atomic mass is 10.2. The number of carbonyl (C=O) groups is 1. The van der Waals surface area contributed by atoms with Crippen LogP contribution in [-0.4, -0.2) is 25.5 Å². The molecule has 1 fully saturated rings. The topological polar surface area (TPSA) is 58.4 Å². The molecule has 1 aliphatic rings. The second-order valence-electron chi connectivity index (χ2n) is 5.51. The van der Waals surface area contributed by atoms with E-state index in [1.165, 1.54) is 6.07 Å². The first-order valence-electron chi connectivity index (χ1n) is 7.75. The first-order chi connectivity index (χ1) is 10.2. The third-order valence-corrected chi connectivity index (χ3v) is 3.79. The molecule has 21 heavy (non-hydrogen) atoms. The largest absolute Gasteiger partial charge is 0.369 e. The van der Waals surface area contributed by atoms with Gasteiger partial charge in [-0.3, -0.25) is 4.79 Å². The second-order valence-corrected chi connectivity index (χ2v) is 5.51. The number of hydrogen-bond acceptors (Lipinski definition) is 3. The van der Waals surface area contributed by atoms with Gasteiger partial charge in [0, 0.05) is 25.2 Å². The summed E-state index contributed by atoms with van der Waals surface area (Å²) in [5.41, 5.74) is 6.57. The zero-order chi connectivity index (χ0) is 15.1. The number of hydrogen-bond donors (Lipinski definition) is 2. The third-order valence-electron chi connectivity index (χ3n) is 3.79. The van der Waals surface area contributed by atoms with Crippen LogP contribution in [0.1, 0.15) is 38.5 Å². The summed E-state index contributed by atoms with van der Waals surface area (Å²) in [6.45, 7) is 2.47. The maximum absolute atomic E-state index is 14.1. The molecule has 2 rings (SSSR count). The smallest absolute Gasteiger partial charge is 0.224 e. The van der Waals surface area contributed by atoms with Crippen LogP contribution in [0.3, 0.4) is 0 Å². The molecule has 0 aromatic heterocycles. The molecule has 116 valence electrons. The van der Waals surface area contributed by atoms with Crippen LogP contribution < -0.4 is 16.0 Å². The van der Waals surface area contributed by atoms with Crippen molar-refractivity contribution in [3.63, 3.8) is 0 Å². The predicted octanol–water partition coefficient (Wildman–Crippen LogP) is 2.88. The maximum atomic E-state index is 14.1. The highest BCUT2D eigenvalue weighted by Crippen LogP contribution is 2.26. The fourth-order valence-corrected chi connectivity index (χ4v) is 2.63. The van der Waals surface area contributed by atoms with Gasteiger partial charge in [0.1, 0.15) is 5.82 Å². The maximum Gasteiger partial charge on any atom is 0.224 e. The van der Waals surface area contributed by atoms with Crippen molar-refractivity contribution in [1.29, 1.82) is 0 Å². The Balaban J connectivity index is 1.86. The van der Waals surface area contributed by atoms with E-state index in [1.54, 1.807) is 12.1 Å². The number of rotatable bonds is 7. The van der Waals surface area contributed by atoms with Gasteiger partial charge in [-0.05, 0) is 50.4 Å². The first kappa shape index (κ1) is 15.8. The molecule has 0 aliphatic carbocycles. The molecule has 0 bridgehead atoms. The molecule has 1 amide bonds. The molecule has 0 unspecified atom stereocenters. The zero-order valence-electron chi connectivity index (χ0n) is 12.4. The molecule has 1 saturated heterocycles. The van der Waals surface area contributed by atoms with Crippen LogP contribution >= 0.6 is 0 Å². The van der Waals surface area contributed by atoms with Gasteiger partial charge < -0.3 is 16.0 Å². The molecule has 1 heterocycles. The van der Waals surface area contributed by atoms with Crippen molar-refractivity contribution in [2.24, 2.45) is 5.73 Å². The van der Waals surface area contributed by atoms with Gasteiger partial charge in [0.2, 0.25) is 5.91 Å². The Labute approximate surface area is 125 Å². The number of amides is 1. The van der Waals surface area contributed by atoms with Gasteiger partial charge >= 0.3 is 0 Å². The lowest BCUT2D eigenvalue weighted by Gasteiger charge is -2.18. The van der Waals surface area contributed by atoms with Gasteiger partial charge in [-0.15, -0.1) is 0 Å². The standard InChI is InChI=1S/C16H24FN3O/c17-14-12-13(19-16(21)6-2-1-3-9-18)7-8-15(14)20-10-4-5-11-20/h7-8,12H,1-6,9-11,18H2,(H,19,21). The predicted molar refractivity (Wildman–Crippen MR) is 84.0 cm³/mol. The number of anilines is 2. The molecule has 5 heteroatoms. The average molecular weight is 293 g/mol. The minimum absolute atomic E-state index is 0.0691. The van der Waals surface area contributed by atoms with Crippen LogP contribution in [0.25, 0.3) is 0 Å². The first-order valence-corrected chi connectivity index (χ1v) is 7.75. The van der Waals surface area contributed by atoms with Crippen LogP contribution in [0.15, 0.2) is 18.2 Å². The number of benzene rings is 1. The summed E-state index contributed by atoms with van der Waals surface area (Å²) in [5.74, 6) is -0.335. The van der Waals surface area contributed by atoms with Crippen LogP contribution in [0, 0.1) is 5.82 Å². The van der Waals surface area contributed by atoms with E-state index in [0.29, 0.717) is 24.3 Å². The number of unbranched alkanes of at least 4 members (excludes halogenated alkanes) is 2. The van der Waals surface area contributed by atoms with Crippen molar-refractivity contribution < 1.29 is 9.18 Å². The summed E-state index contributed by atoms with van der Waals surface area (Å²) in [6.07, 6.45) is 5.38. The van der Waals surface area contributed by atoms with Gasteiger partial charge in [-0.25, -0.2) is 4.39 Å². The minimum Gasteiger partial charge on any atom is -0.369 e. The number of nitrogens with zero attached hydrogens (tertiary/aromatic N) is 1. The van der Waals surface area contributed by atoms with Crippen LogP contribution in [0.2, 0.25) is 0 Å². The second kappa shape index (κ2) is 7.98. The molecule has 4 nitrogen and oxygen atoms in total. The molecular formula is C16H24FN3O. The Hall–Kier alpha value is -1.62. The molecule has 1 aromatic carbocycles. The summed E-state index contributed by atoms with van der Waals surface area (Å²) >= 11 is 0. The van der Waals surface area contributed by atoms with Gasteiger partial charge in [-0.2, -0.15) is 0 Å². The molecule has 0 atom stereocenters. The lowest BCUT2D eigenvalue weighted by molar-refractivity contribution is -0.116. The summed E-state index contributed by atoms with van der Waals surface area (Å²) < 4.78 is 14.1. The van der Waals surface area contributed by atoms with Crippen LogP contribution in [0.5, 0.6) is 0 Å². The van der Waals surface area contributed by atoms with Crippen molar-refractivity contribution in [3.05, 3.63) is 24.0 Å². The van der Waals surface area contributed by atoms with Gasteiger partial charge in [0.15, 0.2) is 0 Å². The van der Waals surface area contributed by atoms with Crippen molar-refractivity contribution in [2.75, 3.05) is 29.9 Å². The fourth-order valence-electron chi connectivity index (χ4n) is 2.63. The van der Waals surface area contributed by atoms with E-state index in [9.17, 15) is 9.18 Å². The number of nitrogens with two attached hydrogens (primary N) is 1. The molecule has 0 radical (unpaired) electrons. The van der Waals surface area contributed by atoms with E-state index in [1.807, 2.05) is 4.90 Å². The monoisotopic (exact) mass is 293 g/mol. The fraction of sp³-hybridized carbons (Fsp3) is 0.562. The van der Waals surface area contributed by atoms with E-state index < -0.39 is 0 Å². The van der Waals surface area contributed by atoms with Crippen LogP contribution in [0.4, 0.5) is 15.8 Å². The van der Waals surface area contributed by atoms with E-state index in [-0.39, 0.29) is 11.7 Å². The van der Waals surface area contributed by atoms with Crippen LogP contribution in [-0.2, 0) is 4.79 Å². The normalized spacial score (nSPS) is 14.5. The van der Waals surface area contributed by atoms with E-state index in [4.69, 9.17) is 5.73 Å². The Morgan fingerprint density at radius 2 is 2.00 bits per heavy atom. The highest BCUT2D eigenvalue weighted by Gasteiger charge is 2.16. The SMILES string of the molecule is NCCCCCC(=O)Nc1ccc(N2CCCC2)c(F)c1. The van der Waals surface area contributed by atoms with Crippen molar-refractivity contribution in [1.82, 2.24) is 0 Å². The Morgan fingerprint density at radius 1 is 1.24 bits per heavy atom. The average Bonchev–Trinajstić information content (AvgIpc) is 2.98. The Kier molecular flexibility index (Phi) is 5.99. The molecule has 0 spiro atoms. The summed E-state index contributed by atoms with van der Waals surface area (Å²) in [5, 5.41) is 2.75. The quantitative estimate of drug-likeness (QED) is 0.760. The van der Waals surface area contributed by atoms with Crippen molar-refractivity contribution in [3.8, 4) is 0 Å². The molecule has 0 saturated carbocycles. The number of nitrogens with one attached hydrogen (secondary N) is 1. The van der Waals surface area contributed by atoms with Gasteiger partial charge in [0.25, 0.3) is 0 Å². The highest BCUT2D eigenvalue weighted by atomic mass is 19.1. The Bertz CT molecular complexity index is 473. The molecular weight excluding hydrogens is 269 g/mol. The van der Waals surface area contributed by atoms with Crippen molar-refractivity contribution in [2.45, 2.75) is 38.5 Å². The van der Waals surface area contributed by atoms with E-state index in [2.05, 4.69) is 5.32 Å². The van der Waals surface area contributed by atoms with Gasteiger partial charge in [-0.1, -0.05) is 6.42 Å². The van der Waals surface area contributed by atoms with Crippen molar-refractivity contribution >= 4 is 17.3 Å². The summed E-state index contributed by atoms with van der Waals surface area (Å²) in [6, 6.07) is 4.94. The third kappa shape index (κ3) is 4.70. The van der Waals surface area contributed by atoms with E-state index in [0.717, 1.165) is 45.2 Å². The van der Waals surface area contributed by atoms with Gasteiger partial charge in [0.05, 0.1) is 5.69 Å². The molecule has 3 N–H and O–H groups in total. The minimum atomic E-state index is -0.266.